The molecule has 0 heterocycles. The Morgan fingerprint density at radius 2 is 2.00 bits per heavy atom. The van der Waals surface area contributed by atoms with Crippen molar-refractivity contribution in [2.24, 2.45) is 11.1 Å². The number of esters is 1. The number of rotatable bonds is 5. The number of hydrogen-bond acceptors (Lipinski definition) is 4. The third-order valence-corrected chi connectivity index (χ3v) is 3.22. The van der Waals surface area contributed by atoms with Crippen molar-refractivity contribution < 1.29 is 14.6 Å². The fourth-order valence-corrected chi connectivity index (χ4v) is 2.27. The van der Waals surface area contributed by atoms with Gasteiger partial charge < -0.3 is 15.6 Å². The van der Waals surface area contributed by atoms with Crippen molar-refractivity contribution in [2.75, 3.05) is 19.8 Å². The van der Waals surface area contributed by atoms with Crippen LogP contribution in [0.3, 0.4) is 0 Å². The Bertz CT molecular complexity index is 200. The zero-order valence-corrected chi connectivity index (χ0v) is 9.21. The highest BCUT2D eigenvalue weighted by atomic mass is 16.5. The van der Waals surface area contributed by atoms with E-state index in [1.54, 1.807) is 0 Å². The molecule has 0 bridgehead atoms. The van der Waals surface area contributed by atoms with Crippen LogP contribution in [0.5, 0.6) is 0 Å². The molecule has 4 nitrogen and oxygen atoms in total. The molecule has 0 spiro atoms. The molecule has 0 aromatic rings. The van der Waals surface area contributed by atoms with E-state index < -0.39 is 0 Å². The van der Waals surface area contributed by atoms with Crippen molar-refractivity contribution in [3.8, 4) is 0 Å². The van der Waals surface area contributed by atoms with Crippen LogP contribution in [0.1, 0.15) is 38.5 Å². The van der Waals surface area contributed by atoms with Crippen LogP contribution in [0.4, 0.5) is 0 Å². The second-order valence-electron chi connectivity index (χ2n) is 4.39. The summed E-state index contributed by atoms with van der Waals surface area (Å²) in [5, 5.41) is 8.54. The lowest BCUT2D eigenvalue weighted by atomic mass is 9.72. The summed E-state index contributed by atoms with van der Waals surface area (Å²) < 4.78 is 4.88. The van der Waals surface area contributed by atoms with E-state index in [1.807, 2.05) is 0 Å². The van der Waals surface area contributed by atoms with Crippen LogP contribution in [0.2, 0.25) is 0 Å². The van der Waals surface area contributed by atoms with E-state index in [4.69, 9.17) is 15.6 Å². The van der Waals surface area contributed by atoms with Gasteiger partial charge >= 0.3 is 5.97 Å². The maximum absolute atomic E-state index is 11.4. The lowest BCUT2D eigenvalue weighted by Gasteiger charge is -2.35. The lowest BCUT2D eigenvalue weighted by Crippen LogP contribution is -2.35. The average Bonchev–Trinajstić information content (AvgIpc) is 2.27. The van der Waals surface area contributed by atoms with Crippen LogP contribution in [-0.4, -0.2) is 30.8 Å². The Hall–Kier alpha value is -0.610. The van der Waals surface area contributed by atoms with E-state index in [0.717, 1.165) is 25.7 Å². The summed E-state index contributed by atoms with van der Waals surface area (Å²) in [6.45, 7) is 0.544. The van der Waals surface area contributed by atoms with Gasteiger partial charge in [0, 0.05) is 0 Å². The van der Waals surface area contributed by atoms with Crippen molar-refractivity contribution in [3.05, 3.63) is 0 Å². The molecule has 0 atom stereocenters. The van der Waals surface area contributed by atoms with Crippen molar-refractivity contribution in [1.29, 1.82) is 0 Å². The van der Waals surface area contributed by atoms with Crippen LogP contribution in [0.15, 0.2) is 0 Å². The molecule has 0 aromatic heterocycles. The first-order valence-electron chi connectivity index (χ1n) is 5.69. The predicted octanol–water partition coefficient (Wildman–Crippen LogP) is 0.821. The zero-order valence-electron chi connectivity index (χ0n) is 9.21. The molecule has 1 aliphatic carbocycles. The second kappa shape index (κ2) is 6.08. The van der Waals surface area contributed by atoms with Gasteiger partial charge in [0.1, 0.15) is 6.61 Å². The van der Waals surface area contributed by atoms with Gasteiger partial charge in [-0.15, -0.1) is 0 Å². The molecule has 3 N–H and O–H groups in total. The molecule has 0 amide bonds. The fraction of sp³-hybridized carbons (Fsp3) is 0.909. The molecule has 0 aromatic carbocycles. The van der Waals surface area contributed by atoms with Crippen LogP contribution in [0.25, 0.3) is 0 Å². The van der Waals surface area contributed by atoms with E-state index in [1.165, 1.54) is 6.42 Å². The molecular formula is C11H21NO3. The molecule has 0 saturated heterocycles. The quantitative estimate of drug-likeness (QED) is 0.666. The van der Waals surface area contributed by atoms with Gasteiger partial charge in [-0.05, 0) is 24.8 Å². The maximum atomic E-state index is 11.4. The predicted molar refractivity (Wildman–Crippen MR) is 57.2 cm³/mol. The van der Waals surface area contributed by atoms with Gasteiger partial charge in [0.05, 0.1) is 13.0 Å². The van der Waals surface area contributed by atoms with Gasteiger partial charge in [-0.3, -0.25) is 4.79 Å². The largest absolute Gasteiger partial charge is 0.463 e. The molecule has 0 unspecified atom stereocenters. The first-order valence-corrected chi connectivity index (χ1v) is 5.69. The minimum absolute atomic E-state index is 0.0369. The Kier molecular flexibility index (Phi) is 5.05. The molecular weight excluding hydrogens is 194 g/mol. The number of nitrogens with two attached hydrogens (primary N) is 1. The molecule has 1 rings (SSSR count). The van der Waals surface area contributed by atoms with Crippen molar-refractivity contribution in [2.45, 2.75) is 38.5 Å². The summed E-state index contributed by atoms with van der Waals surface area (Å²) in [5.74, 6) is -0.226. The van der Waals surface area contributed by atoms with Crippen LogP contribution in [-0.2, 0) is 9.53 Å². The van der Waals surface area contributed by atoms with Gasteiger partial charge in [-0.2, -0.15) is 0 Å². The number of ether oxygens (including phenoxy) is 1. The van der Waals surface area contributed by atoms with Crippen LogP contribution in [0, 0.1) is 5.41 Å². The molecule has 88 valence electrons. The van der Waals surface area contributed by atoms with Crippen molar-refractivity contribution in [1.82, 2.24) is 0 Å². The third kappa shape index (κ3) is 3.80. The van der Waals surface area contributed by atoms with Crippen molar-refractivity contribution in [3.63, 3.8) is 0 Å². The molecule has 15 heavy (non-hydrogen) atoms. The van der Waals surface area contributed by atoms with E-state index in [2.05, 4.69) is 0 Å². The number of aliphatic hydroxyl groups is 1. The Balaban J connectivity index is 2.40. The van der Waals surface area contributed by atoms with E-state index in [-0.39, 0.29) is 24.6 Å². The monoisotopic (exact) mass is 215 g/mol. The van der Waals surface area contributed by atoms with E-state index >= 15 is 0 Å². The second-order valence-corrected chi connectivity index (χ2v) is 4.39. The minimum atomic E-state index is -0.226. The minimum Gasteiger partial charge on any atom is -0.463 e. The smallest absolute Gasteiger partial charge is 0.306 e. The Morgan fingerprint density at radius 1 is 1.33 bits per heavy atom. The van der Waals surface area contributed by atoms with Crippen LogP contribution < -0.4 is 5.73 Å². The average molecular weight is 215 g/mol. The lowest BCUT2D eigenvalue weighted by molar-refractivity contribution is -0.147. The molecule has 0 aliphatic heterocycles. The molecule has 0 radical (unpaired) electrons. The van der Waals surface area contributed by atoms with Gasteiger partial charge in [0.15, 0.2) is 0 Å². The fourth-order valence-electron chi connectivity index (χ4n) is 2.27. The van der Waals surface area contributed by atoms with Crippen LogP contribution >= 0.6 is 0 Å². The summed E-state index contributed by atoms with van der Waals surface area (Å²) in [6, 6.07) is 0. The first kappa shape index (κ1) is 12.5. The Labute approximate surface area is 90.8 Å². The summed E-state index contributed by atoms with van der Waals surface area (Å²) in [7, 11) is 0. The molecule has 4 heteroatoms. The maximum Gasteiger partial charge on any atom is 0.306 e. The SMILES string of the molecule is NCC1(CC(=O)OCCO)CCCCC1. The number of carbonyl (C=O) groups is 1. The molecule has 1 fully saturated rings. The Morgan fingerprint density at radius 3 is 2.53 bits per heavy atom. The molecule has 1 aliphatic rings. The topological polar surface area (TPSA) is 72.6 Å². The van der Waals surface area contributed by atoms with Crippen molar-refractivity contribution >= 4 is 5.97 Å². The first-order chi connectivity index (χ1) is 7.22. The highest BCUT2D eigenvalue weighted by molar-refractivity contribution is 5.70. The molecule has 1 saturated carbocycles. The summed E-state index contributed by atoms with van der Waals surface area (Å²) in [4.78, 5) is 11.4. The van der Waals surface area contributed by atoms with E-state index in [0.29, 0.717) is 13.0 Å². The summed E-state index contributed by atoms with van der Waals surface area (Å²) in [5.41, 5.74) is 5.72. The summed E-state index contributed by atoms with van der Waals surface area (Å²) >= 11 is 0. The van der Waals surface area contributed by atoms with Gasteiger partial charge in [0.2, 0.25) is 0 Å². The highest BCUT2D eigenvalue weighted by Gasteiger charge is 2.33. The van der Waals surface area contributed by atoms with Gasteiger partial charge in [-0.25, -0.2) is 0 Å². The number of aliphatic hydroxyl groups excluding tert-OH is 1. The number of carbonyl (C=O) groups excluding carboxylic acids is 1. The zero-order chi connectivity index (χ0) is 11.1. The van der Waals surface area contributed by atoms with E-state index in [9.17, 15) is 4.79 Å². The standard InChI is InChI=1S/C11H21NO3/c12-9-11(4-2-1-3-5-11)8-10(14)15-7-6-13/h13H,1-9,12H2. The third-order valence-electron chi connectivity index (χ3n) is 3.22. The van der Waals surface area contributed by atoms with Gasteiger partial charge in [0.25, 0.3) is 0 Å². The number of hydrogen-bond donors (Lipinski definition) is 2. The normalized spacial score (nSPS) is 19.9. The highest BCUT2D eigenvalue weighted by Crippen LogP contribution is 2.38. The van der Waals surface area contributed by atoms with Gasteiger partial charge in [-0.1, -0.05) is 19.3 Å². The summed E-state index contributed by atoms with van der Waals surface area (Å²) in [6.07, 6.45) is 6.02.